The number of alkyl halides is 1. The second-order valence-electron chi connectivity index (χ2n) is 5.66. The molecule has 0 amide bonds. The second-order valence-corrected chi connectivity index (χ2v) is 7.22. The summed E-state index contributed by atoms with van der Waals surface area (Å²) in [7, 11) is 0. The van der Waals surface area contributed by atoms with E-state index in [0.717, 1.165) is 17.9 Å². The predicted molar refractivity (Wildman–Crippen MR) is 83.6 cm³/mol. The summed E-state index contributed by atoms with van der Waals surface area (Å²) in [5, 5.41) is 0.305. The maximum absolute atomic E-state index is 13.5. The smallest absolute Gasteiger partial charge is 0.142 e. The molecular weight excluding hydrogens is 327 g/mol. The Kier molecular flexibility index (Phi) is 5.70. The Hall–Kier alpha value is -0.0800. The fraction of sp³-hybridized carbons (Fsp3) is 0.625. The Morgan fingerprint density at radius 2 is 2.16 bits per heavy atom. The fourth-order valence-electron chi connectivity index (χ4n) is 3.19. The van der Waals surface area contributed by atoms with Crippen molar-refractivity contribution in [1.82, 2.24) is 0 Å². The van der Waals surface area contributed by atoms with Gasteiger partial charge in [0.1, 0.15) is 5.82 Å². The van der Waals surface area contributed by atoms with Gasteiger partial charge in [-0.25, -0.2) is 4.39 Å². The summed E-state index contributed by atoms with van der Waals surface area (Å²) in [6.45, 7) is 2.25. The maximum Gasteiger partial charge on any atom is 0.142 e. The molecular formula is C16H21BrClF. The minimum Gasteiger partial charge on any atom is -0.205 e. The Morgan fingerprint density at radius 1 is 1.37 bits per heavy atom. The van der Waals surface area contributed by atoms with Crippen LogP contribution in [0.5, 0.6) is 0 Å². The maximum atomic E-state index is 13.5. The molecule has 3 atom stereocenters. The highest BCUT2D eigenvalue weighted by Crippen LogP contribution is 2.38. The zero-order valence-electron chi connectivity index (χ0n) is 11.3. The zero-order chi connectivity index (χ0) is 13.8. The van der Waals surface area contributed by atoms with Crippen molar-refractivity contribution in [1.29, 1.82) is 0 Å². The summed E-state index contributed by atoms with van der Waals surface area (Å²) in [5.41, 5.74) is 0.952. The molecule has 0 heterocycles. The van der Waals surface area contributed by atoms with Gasteiger partial charge in [0.25, 0.3) is 0 Å². The van der Waals surface area contributed by atoms with Crippen LogP contribution in [0.15, 0.2) is 18.2 Å². The molecule has 0 radical (unpaired) electrons. The van der Waals surface area contributed by atoms with Crippen molar-refractivity contribution in [2.75, 3.05) is 0 Å². The van der Waals surface area contributed by atoms with Gasteiger partial charge in [-0.1, -0.05) is 59.4 Å². The SMILES string of the molecule is CCCC1CCC(Br)C(Cc2cccc(F)c2Cl)C1. The topological polar surface area (TPSA) is 0 Å². The highest BCUT2D eigenvalue weighted by molar-refractivity contribution is 9.09. The molecule has 0 nitrogen and oxygen atoms in total. The van der Waals surface area contributed by atoms with Crippen LogP contribution in [0, 0.1) is 17.7 Å². The predicted octanol–water partition coefficient (Wildman–Crippen LogP) is 6.00. The first-order valence-electron chi connectivity index (χ1n) is 7.18. The number of hydrogen-bond acceptors (Lipinski definition) is 0. The molecule has 0 aliphatic heterocycles. The van der Waals surface area contributed by atoms with Gasteiger partial charge >= 0.3 is 0 Å². The monoisotopic (exact) mass is 346 g/mol. The van der Waals surface area contributed by atoms with Gasteiger partial charge in [-0.3, -0.25) is 0 Å². The normalized spacial score (nSPS) is 27.5. The van der Waals surface area contributed by atoms with Gasteiger partial charge in [-0.15, -0.1) is 0 Å². The fourth-order valence-corrected chi connectivity index (χ4v) is 4.06. The first-order chi connectivity index (χ1) is 9.11. The number of halogens is 3. The Balaban J connectivity index is 2.05. The lowest BCUT2D eigenvalue weighted by Crippen LogP contribution is -2.27. The Bertz CT molecular complexity index is 421. The average molecular weight is 348 g/mol. The molecule has 0 aromatic heterocycles. The lowest BCUT2D eigenvalue weighted by Gasteiger charge is -2.33. The van der Waals surface area contributed by atoms with E-state index in [4.69, 9.17) is 11.6 Å². The Labute approximate surface area is 128 Å². The van der Waals surface area contributed by atoms with E-state index in [0.29, 0.717) is 15.8 Å². The molecule has 106 valence electrons. The van der Waals surface area contributed by atoms with Gasteiger partial charge in [0.2, 0.25) is 0 Å². The quantitative estimate of drug-likeness (QED) is 0.586. The van der Waals surface area contributed by atoms with E-state index >= 15 is 0 Å². The van der Waals surface area contributed by atoms with Gasteiger partial charge in [0.05, 0.1) is 5.02 Å². The van der Waals surface area contributed by atoms with Crippen molar-refractivity contribution in [3.8, 4) is 0 Å². The van der Waals surface area contributed by atoms with Crippen molar-refractivity contribution in [3.63, 3.8) is 0 Å². The number of hydrogen-bond donors (Lipinski definition) is 0. The van der Waals surface area contributed by atoms with Gasteiger partial charge in [-0.2, -0.15) is 0 Å². The third kappa shape index (κ3) is 3.95. The van der Waals surface area contributed by atoms with Crippen molar-refractivity contribution in [2.45, 2.75) is 50.3 Å². The molecule has 0 spiro atoms. The molecule has 1 saturated carbocycles. The van der Waals surface area contributed by atoms with Crippen LogP contribution in [0.4, 0.5) is 4.39 Å². The lowest BCUT2D eigenvalue weighted by molar-refractivity contribution is 0.263. The zero-order valence-corrected chi connectivity index (χ0v) is 13.7. The van der Waals surface area contributed by atoms with Crippen LogP contribution in [0.2, 0.25) is 5.02 Å². The van der Waals surface area contributed by atoms with Gasteiger partial charge in [-0.05, 0) is 49.1 Å². The molecule has 2 rings (SSSR count). The number of benzene rings is 1. The van der Waals surface area contributed by atoms with Crippen LogP contribution in [-0.4, -0.2) is 4.83 Å². The summed E-state index contributed by atoms with van der Waals surface area (Å²) < 4.78 is 13.5. The molecule has 1 fully saturated rings. The second kappa shape index (κ2) is 7.08. The largest absolute Gasteiger partial charge is 0.205 e. The Morgan fingerprint density at radius 3 is 2.89 bits per heavy atom. The molecule has 3 heteroatoms. The van der Waals surface area contributed by atoms with E-state index in [-0.39, 0.29) is 5.82 Å². The molecule has 0 saturated heterocycles. The van der Waals surface area contributed by atoms with Crippen molar-refractivity contribution < 1.29 is 4.39 Å². The highest BCUT2D eigenvalue weighted by atomic mass is 79.9. The molecule has 1 aliphatic carbocycles. The van der Waals surface area contributed by atoms with Gasteiger partial charge < -0.3 is 0 Å². The lowest BCUT2D eigenvalue weighted by atomic mass is 9.77. The minimum absolute atomic E-state index is 0.300. The van der Waals surface area contributed by atoms with E-state index in [1.54, 1.807) is 6.07 Å². The minimum atomic E-state index is -0.300. The summed E-state index contributed by atoms with van der Waals surface area (Å²) in [6, 6.07) is 5.14. The molecule has 19 heavy (non-hydrogen) atoms. The third-order valence-electron chi connectivity index (χ3n) is 4.21. The molecule has 3 unspecified atom stereocenters. The van der Waals surface area contributed by atoms with E-state index < -0.39 is 0 Å². The van der Waals surface area contributed by atoms with E-state index in [2.05, 4.69) is 22.9 Å². The van der Waals surface area contributed by atoms with Crippen molar-refractivity contribution >= 4 is 27.5 Å². The van der Waals surface area contributed by atoms with Gasteiger partial charge in [0.15, 0.2) is 0 Å². The summed E-state index contributed by atoms with van der Waals surface area (Å²) in [6.07, 6.45) is 7.22. The van der Waals surface area contributed by atoms with E-state index in [9.17, 15) is 4.39 Å². The molecule has 1 aromatic rings. The van der Waals surface area contributed by atoms with Crippen molar-refractivity contribution in [3.05, 3.63) is 34.6 Å². The first kappa shape index (κ1) is 15.3. The van der Waals surface area contributed by atoms with Gasteiger partial charge in [0, 0.05) is 4.83 Å². The first-order valence-corrected chi connectivity index (χ1v) is 8.48. The summed E-state index contributed by atoms with van der Waals surface area (Å²) in [5.74, 6) is 1.10. The van der Waals surface area contributed by atoms with Crippen LogP contribution >= 0.6 is 27.5 Å². The van der Waals surface area contributed by atoms with Crippen LogP contribution < -0.4 is 0 Å². The third-order valence-corrected chi connectivity index (χ3v) is 5.84. The summed E-state index contributed by atoms with van der Waals surface area (Å²) in [4.78, 5) is 0.542. The molecule has 0 bridgehead atoms. The number of rotatable bonds is 4. The van der Waals surface area contributed by atoms with E-state index in [1.165, 1.54) is 38.2 Å². The average Bonchev–Trinajstić information content (AvgIpc) is 2.39. The highest BCUT2D eigenvalue weighted by Gasteiger charge is 2.29. The van der Waals surface area contributed by atoms with Crippen LogP contribution in [0.1, 0.15) is 44.6 Å². The molecule has 1 aromatic carbocycles. The standard InChI is InChI=1S/C16H21BrClF/c1-2-4-11-7-8-14(17)13(9-11)10-12-5-3-6-15(19)16(12)18/h3,5-6,11,13-14H,2,4,7-10H2,1H3. The molecule has 0 N–H and O–H groups in total. The van der Waals surface area contributed by atoms with E-state index in [1.807, 2.05) is 6.07 Å². The van der Waals surface area contributed by atoms with Crippen LogP contribution in [-0.2, 0) is 6.42 Å². The molecule has 1 aliphatic rings. The van der Waals surface area contributed by atoms with Crippen LogP contribution in [0.3, 0.4) is 0 Å². The van der Waals surface area contributed by atoms with Crippen molar-refractivity contribution in [2.24, 2.45) is 11.8 Å². The van der Waals surface area contributed by atoms with Crippen LogP contribution in [0.25, 0.3) is 0 Å². The summed E-state index contributed by atoms with van der Waals surface area (Å²) >= 11 is 9.86.